The third-order valence-corrected chi connectivity index (χ3v) is 4.61. The molecule has 2 aromatic rings. The van der Waals surface area contributed by atoms with Crippen LogP contribution in [0.15, 0.2) is 12.3 Å². The monoisotopic (exact) mass is 330 g/mol. The Labute approximate surface area is 140 Å². The molecular formula is C17H22N4O3. The maximum atomic E-state index is 12.6. The number of carboxylic acids is 1. The smallest absolute Gasteiger partial charge is 0.306 e. The van der Waals surface area contributed by atoms with Crippen molar-refractivity contribution in [2.24, 2.45) is 5.92 Å². The molecule has 2 aromatic heterocycles. The van der Waals surface area contributed by atoms with Gasteiger partial charge in [-0.3, -0.25) is 9.59 Å². The highest BCUT2D eigenvalue weighted by Gasteiger charge is 2.31. The summed E-state index contributed by atoms with van der Waals surface area (Å²) in [4.78, 5) is 28.1. The Balaban J connectivity index is 1.80. The number of carbonyl (C=O) groups excluding carboxylic acids is 1. The fourth-order valence-electron chi connectivity index (χ4n) is 3.27. The minimum Gasteiger partial charge on any atom is -0.481 e. The standard InChI is InChI=1S/C17H22N4O3/c1-9(2)21-15-12(8-18-21)7-14(10(3)19-15)16(22)20-13-5-4-11(6-13)17(23)24/h7-9,11,13H,4-6H2,1-3H3,(H,20,22)(H,23,24)/t11-,13+/m0/s1. The summed E-state index contributed by atoms with van der Waals surface area (Å²) < 4.78 is 1.83. The predicted octanol–water partition coefficient (Wildman–Crippen LogP) is 2.30. The number of hydrogen-bond donors (Lipinski definition) is 2. The van der Waals surface area contributed by atoms with Crippen LogP contribution in [0.4, 0.5) is 0 Å². The summed E-state index contributed by atoms with van der Waals surface area (Å²) in [5.41, 5.74) is 1.94. The van der Waals surface area contributed by atoms with E-state index in [4.69, 9.17) is 5.11 Å². The zero-order valence-electron chi connectivity index (χ0n) is 14.1. The second kappa shape index (κ2) is 6.22. The molecule has 2 heterocycles. The van der Waals surface area contributed by atoms with E-state index in [1.807, 2.05) is 24.6 Å². The molecule has 0 aromatic carbocycles. The van der Waals surface area contributed by atoms with Gasteiger partial charge in [-0.25, -0.2) is 9.67 Å². The van der Waals surface area contributed by atoms with E-state index in [1.165, 1.54) is 0 Å². The van der Waals surface area contributed by atoms with Crippen LogP contribution in [-0.2, 0) is 4.79 Å². The molecule has 128 valence electrons. The minimum absolute atomic E-state index is 0.0907. The van der Waals surface area contributed by atoms with Crippen molar-refractivity contribution in [3.05, 3.63) is 23.5 Å². The lowest BCUT2D eigenvalue weighted by Gasteiger charge is -2.14. The van der Waals surface area contributed by atoms with Crippen molar-refractivity contribution in [3.8, 4) is 0 Å². The van der Waals surface area contributed by atoms with Crippen LogP contribution in [0.2, 0.25) is 0 Å². The van der Waals surface area contributed by atoms with Crippen molar-refractivity contribution in [3.63, 3.8) is 0 Å². The van der Waals surface area contributed by atoms with Gasteiger partial charge in [-0.15, -0.1) is 0 Å². The molecule has 24 heavy (non-hydrogen) atoms. The van der Waals surface area contributed by atoms with Gasteiger partial charge in [-0.05, 0) is 46.1 Å². The molecule has 1 amide bonds. The van der Waals surface area contributed by atoms with Gasteiger partial charge in [-0.1, -0.05) is 0 Å². The molecule has 0 radical (unpaired) electrons. The number of nitrogens with zero attached hydrogens (tertiary/aromatic N) is 3. The largest absolute Gasteiger partial charge is 0.481 e. The number of hydrogen-bond acceptors (Lipinski definition) is 4. The van der Waals surface area contributed by atoms with E-state index in [-0.39, 0.29) is 23.9 Å². The maximum Gasteiger partial charge on any atom is 0.306 e. The zero-order valence-corrected chi connectivity index (χ0v) is 14.1. The second-order valence-electron chi connectivity index (χ2n) is 6.74. The molecule has 7 nitrogen and oxygen atoms in total. The number of pyridine rings is 1. The highest BCUT2D eigenvalue weighted by atomic mass is 16.4. The van der Waals surface area contributed by atoms with Crippen LogP contribution in [0.25, 0.3) is 11.0 Å². The average Bonchev–Trinajstić information content (AvgIpc) is 3.12. The number of carboxylic acid groups (broad SMARTS) is 1. The van der Waals surface area contributed by atoms with Crippen LogP contribution in [0.3, 0.4) is 0 Å². The molecule has 7 heteroatoms. The summed E-state index contributed by atoms with van der Waals surface area (Å²) >= 11 is 0. The van der Waals surface area contributed by atoms with Gasteiger partial charge in [-0.2, -0.15) is 5.10 Å². The molecule has 0 bridgehead atoms. The maximum absolute atomic E-state index is 12.6. The van der Waals surface area contributed by atoms with Crippen molar-refractivity contribution in [1.29, 1.82) is 0 Å². The van der Waals surface area contributed by atoms with Gasteiger partial charge >= 0.3 is 5.97 Å². The van der Waals surface area contributed by atoms with Gasteiger partial charge < -0.3 is 10.4 Å². The first-order valence-electron chi connectivity index (χ1n) is 8.25. The second-order valence-corrected chi connectivity index (χ2v) is 6.74. The number of aromatic nitrogens is 3. The van der Waals surface area contributed by atoms with E-state index in [2.05, 4.69) is 15.4 Å². The number of aryl methyl sites for hydroxylation is 1. The highest BCUT2D eigenvalue weighted by Crippen LogP contribution is 2.26. The van der Waals surface area contributed by atoms with Gasteiger partial charge in [0.25, 0.3) is 5.91 Å². The molecule has 1 aliphatic carbocycles. The highest BCUT2D eigenvalue weighted by molar-refractivity contribution is 5.98. The Bertz CT molecular complexity index is 796. The fraction of sp³-hybridized carbons (Fsp3) is 0.529. The molecule has 1 saturated carbocycles. The van der Waals surface area contributed by atoms with Gasteiger partial charge in [0.1, 0.15) is 0 Å². The Morgan fingerprint density at radius 1 is 1.38 bits per heavy atom. The van der Waals surface area contributed by atoms with Crippen LogP contribution in [0, 0.1) is 12.8 Å². The topological polar surface area (TPSA) is 97.1 Å². The van der Waals surface area contributed by atoms with Crippen molar-refractivity contribution < 1.29 is 14.7 Å². The molecule has 1 fully saturated rings. The van der Waals surface area contributed by atoms with E-state index in [1.54, 1.807) is 13.1 Å². The third kappa shape index (κ3) is 2.98. The molecule has 0 spiro atoms. The molecule has 0 unspecified atom stereocenters. The van der Waals surface area contributed by atoms with E-state index in [0.717, 1.165) is 11.0 Å². The van der Waals surface area contributed by atoms with Crippen LogP contribution < -0.4 is 5.32 Å². The first-order chi connectivity index (χ1) is 11.4. The summed E-state index contributed by atoms with van der Waals surface area (Å²) in [6.45, 7) is 5.87. The summed E-state index contributed by atoms with van der Waals surface area (Å²) in [5.74, 6) is -1.34. The molecular weight excluding hydrogens is 308 g/mol. The van der Waals surface area contributed by atoms with Crippen molar-refractivity contribution >= 4 is 22.9 Å². The Morgan fingerprint density at radius 3 is 2.75 bits per heavy atom. The number of amides is 1. The molecule has 2 N–H and O–H groups in total. The van der Waals surface area contributed by atoms with Crippen molar-refractivity contribution in [1.82, 2.24) is 20.1 Å². The number of nitrogens with one attached hydrogen (secondary N) is 1. The van der Waals surface area contributed by atoms with E-state index < -0.39 is 5.97 Å². The van der Waals surface area contributed by atoms with E-state index in [0.29, 0.717) is 30.5 Å². The molecule has 0 aliphatic heterocycles. The van der Waals surface area contributed by atoms with E-state index in [9.17, 15) is 9.59 Å². The fourth-order valence-corrected chi connectivity index (χ4v) is 3.27. The SMILES string of the molecule is Cc1nc2c(cnn2C(C)C)cc1C(=O)N[C@@H]1CC[C@H](C(=O)O)C1. The van der Waals surface area contributed by atoms with Crippen LogP contribution in [-0.4, -0.2) is 37.8 Å². The van der Waals surface area contributed by atoms with Crippen LogP contribution in [0.1, 0.15) is 55.2 Å². The summed E-state index contributed by atoms with van der Waals surface area (Å²) in [5, 5.41) is 17.2. The zero-order chi connectivity index (χ0) is 17.4. The van der Waals surface area contributed by atoms with Gasteiger partial charge in [0.05, 0.1) is 23.4 Å². The molecule has 2 atom stereocenters. The Hall–Kier alpha value is -2.44. The van der Waals surface area contributed by atoms with Crippen molar-refractivity contribution in [2.45, 2.75) is 52.1 Å². The van der Waals surface area contributed by atoms with Gasteiger partial charge in [0.15, 0.2) is 5.65 Å². The van der Waals surface area contributed by atoms with E-state index >= 15 is 0 Å². The average molecular weight is 330 g/mol. The lowest BCUT2D eigenvalue weighted by Crippen LogP contribution is -2.34. The lowest BCUT2D eigenvalue weighted by atomic mass is 10.1. The van der Waals surface area contributed by atoms with Crippen molar-refractivity contribution in [2.75, 3.05) is 0 Å². The summed E-state index contributed by atoms with van der Waals surface area (Å²) in [6, 6.07) is 1.91. The first kappa shape index (κ1) is 16.4. The number of fused-ring (bicyclic) bond motifs is 1. The van der Waals surface area contributed by atoms with Gasteiger partial charge in [0, 0.05) is 17.5 Å². The predicted molar refractivity (Wildman–Crippen MR) is 88.9 cm³/mol. The number of aliphatic carboxylic acids is 1. The lowest BCUT2D eigenvalue weighted by molar-refractivity contribution is -0.141. The third-order valence-electron chi connectivity index (χ3n) is 4.61. The number of carbonyl (C=O) groups is 2. The first-order valence-corrected chi connectivity index (χ1v) is 8.25. The van der Waals surface area contributed by atoms with Crippen LogP contribution >= 0.6 is 0 Å². The quantitative estimate of drug-likeness (QED) is 0.896. The molecule has 0 saturated heterocycles. The number of rotatable bonds is 4. The molecule has 1 aliphatic rings. The normalized spacial score (nSPS) is 20.7. The Morgan fingerprint density at radius 2 is 2.12 bits per heavy atom. The molecule has 3 rings (SSSR count). The summed E-state index contributed by atoms with van der Waals surface area (Å²) in [6.07, 6.45) is 3.51. The minimum atomic E-state index is -0.785. The van der Waals surface area contributed by atoms with Crippen LogP contribution in [0.5, 0.6) is 0 Å². The van der Waals surface area contributed by atoms with Gasteiger partial charge in [0.2, 0.25) is 0 Å². The summed E-state index contributed by atoms with van der Waals surface area (Å²) in [7, 11) is 0. The Kier molecular flexibility index (Phi) is 4.26.